The molecular formula is C26H26F4N4O5. The van der Waals surface area contributed by atoms with Crippen LogP contribution in [0.15, 0.2) is 42.6 Å². The first kappa shape index (κ1) is 27.9. The van der Waals surface area contributed by atoms with Gasteiger partial charge in [-0.25, -0.2) is 13.8 Å². The predicted molar refractivity (Wildman–Crippen MR) is 131 cm³/mol. The molecule has 0 atom stereocenters. The molecule has 2 aromatic carbocycles. The molecule has 2 amide bonds. The van der Waals surface area contributed by atoms with Gasteiger partial charge in [-0.15, -0.1) is 0 Å². The Kier molecular flexibility index (Phi) is 8.69. The second-order valence-electron chi connectivity index (χ2n) is 8.78. The van der Waals surface area contributed by atoms with Crippen LogP contribution >= 0.6 is 0 Å². The van der Waals surface area contributed by atoms with E-state index in [4.69, 9.17) is 9.84 Å². The molecule has 0 spiro atoms. The van der Waals surface area contributed by atoms with E-state index < -0.39 is 29.8 Å². The largest absolute Gasteiger partial charge is 0.497 e. The maximum atomic E-state index is 15.0. The summed E-state index contributed by atoms with van der Waals surface area (Å²) in [6.07, 6.45) is 2.49. The van der Waals surface area contributed by atoms with Gasteiger partial charge in [0.25, 0.3) is 5.91 Å². The third kappa shape index (κ3) is 6.48. The lowest BCUT2D eigenvalue weighted by Crippen LogP contribution is -2.38. The highest BCUT2D eigenvalue weighted by Gasteiger charge is 2.28. The van der Waals surface area contributed by atoms with Crippen molar-refractivity contribution in [1.82, 2.24) is 14.5 Å². The molecule has 0 unspecified atom stereocenters. The van der Waals surface area contributed by atoms with Gasteiger partial charge < -0.3 is 19.5 Å². The van der Waals surface area contributed by atoms with E-state index in [0.717, 1.165) is 16.7 Å². The van der Waals surface area contributed by atoms with Crippen molar-refractivity contribution in [2.24, 2.45) is 0 Å². The van der Waals surface area contributed by atoms with Crippen molar-refractivity contribution >= 4 is 17.8 Å². The van der Waals surface area contributed by atoms with Crippen LogP contribution in [0.4, 0.5) is 23.5 Å². The molecular weight excluding hydrogens is 524 g/mol. The Balaban J connectivity index is 1.63. The zero-order chi connectivity index (χ0) is 28.1. The molecule has 39 heavy (non-hydrogen) atoms. The second-order valence-corrected chi connectivity index (χ2v) is 8.78. The fourth-order valence-electron chi connectivity index (χ4n) is 4.38. The van der Waals surface area contributed by atoms with Crippen LogP contribution in [0, 0.1) is 11.6 Å². The fourth-order valence-corrected chi connectivity index (χ4v) is 4.38. The van der Waals surface area contributed by atoms with Gasteiger partial charge in [0.05, 0.1) is 19.4 Å². The molecule has 0 bridgehead atoms. The average Bonchev–Trinajstić information content (AvgIpc) is 3.31. The van der Waals surface area contributed by atoms with Gasteiger partial charge in [-0.1, -0.05) is 0 Å². The van der Waals surface area contributed by atoms with Crippen molar-refractivity contribution in [2.45, 2.75) is 31.8 Å². The van der Waals surface area contributed by atoms with E-state index in [2.05, 4.69) is 15.0 Å². The molecule has 1 fully saturated rings. The number of aliphatic hydroxyl groups is 1. The number of nitrogens with one attached hydrogen (secondary N) is 1. The molecule has 1 saturated heterocycles. The molecule has 1 aromatic heterocycles. The van der Waals surface area contributed by atoms with Gasteiger partial charge in [-0.3, -0.25) is 19.5 Å². The van der Waals surface area contributed by atoms with Crippen LogP contribution in [-0.2, 0) is 4.79 Å². The third-order valence-electron chi connectivity index (χ3n) is 6.35. The molecule has 4 rings (SSSR count). The lowest BCUT2D eigenvalue weighted by atomic mass is 9.94. The molecule has 2 heterocycles. The van der Waals surface area contributed by atoms with Crippen molar-refractivity contribution in [2.75, 3.05) is 32.1 Å². The quantitative estimate of drug-likeness (QED) is 0.389. The highest BCUT2D eigenvalue weighted by atomic mass is 19.3. The number of rotatable bonds is 9. The smallest absolute Gasteiger partial charge is 0.387 e. The number of piperidine rings is 1. The topological polar surface area (TPSA) is 106 Å². The number of hydrogen-bond acceptors (Lipinski definition) is 6. The first-order valence-electron chi connectivity index (χ1n) is 12.1. The van der Waals surface area contributed by atoms with E-state index in [9.17, 15) is 18.4 Å². The summed E-state index contributed by atoms with van der Waals surface area (Å²) in [5.74, 6) is -3.28. The minimum Gasteiger partial charge on any atom is -0.497 e. The number of ether oxygens (including phenoxy) is 2. The van der Waals surface area contributed by atoms with E-state index in [0.29, 0.717) is 31.6 Å². The number of amides is 2. The number of halogens is 4. The molecule has 0 radical (unpaired) electrons. The molecule has 208 valence electrons. The standard InChI is InChI=1S/C26H26F4N4O5/c1-38-18-12-19(27)23(20(28)13-18)34-14-21(15-6-9-33(10-7-15)22(36)8-11-35)31-26(34)32-24(37)16-2-4-17(5-3-16)39-25(29)30/h2-5,12-15,25,35H,6-11H2,1H3,(H,31,32,37). The van der Waals surface area contributed by atoms with Gasteiger partial charge in [-0.2, -0.15) is 8.78 Å². The van der Waals surface area contributed by atoms with Crippen molar-refractivity contribution < 1.29 is 41.7 Å². The Labute approximate surface area is 221 Å². The van der Waals surface area contributed by atoms with Crippen LogP contribution in [0.1, 0.15) is 41.2 Å². The lowest BCUT2D eigenvalue weighted by molar-refractivity contribution is -0.132. The van der Waals surface area contributed by atoms with Crippen molar-refractivity contribution in [3.05, 3.63) is 65.5 Å². The van der Waals surface area contributed by atoms with E-state index in [1.165, 1.54) is 37.6 Å². The molecule has 1 aliphatic rings. The molecule has 0 saturated carbocycles. The van der Waals surface area contributed by atoms with Crippen LogP contribution in [-0.4, -0.2) is 64.8 Å². The number of aromatic nitrogens is 2. The van der Waals surface area contributed by atoms with Gasteiger partial charge >= 0.3 is 6.61 Å². The van der Waals surface area contributed by atoms with Crippen LogP contribution in [0.25, 0.3) is 5.69 Å². The monoisotopic (exact) mass is 550 g/mol. The van der Waals surface area contributed by atoms with Crippen LogP contribution < -0.4 is 14.8 Å². The normalized spacial score (nSPS) is 14.0. The number of benzene rings is 2. The zero-order valence-corrected chi connectivity index (χ0v) is 20.9. The fraction of sp³-hybridized carbons (Fsp3) is 0.346. The Morgan fingerprint density at radius 2 is 1.74 bits per heavy atom. The lowest BCUT2D eigenvalue weighted by Gasteiger charge is -2.31. The summed E-state index contributed by atoms with van der Waals surface area (Å²) in [5, 5.41) is 11.6. The molecule has 0 aliphatic carbocycles. The third-order valence-corrected chi connectivity index (χ3v) is 6.35. The van der Waals surface area contributed by atoms with Crippen molar-refractivity contribution in [3.63, 3.8) is 0 Å². The Morgan fingerprint density at radius 1 is 1.10 bits per heavy atom. The Bertz CT molecular complexity index is 1300. The number of likely N-dealkylation sites (tertiary alicyclic amines) is 1. The van der Waals surface area contributed by atoms with Gasteiger partial charge in [0.15, 0.2) is 11.6 Å². The SMILES string of the molecule is COc1cc(F)c(-n2cc(C3CCN(C(=O)CCO)CC3)nc2NC(=O)c2ccc(OC(F)F)cc2)c(F)c1. The minimum atomic E-state index is -3.02. The molecule has 3 aromatic rings. The molecule has 2 N–H and O–H groups in total. The van der Waals surface area contributed by atoms with E-state index >= 15 is 8.78 Å². The van der Waals surface area contributed by atoms with Gasteiger partial charge in [0, 0.05) is 49.3 Å². The van der Waals surface area contributed by atoms with Gasteiger partial charge in [0.2, 0.25) is 11.9 Å². The van der Waals surface area contributed by atoms with Crippen molar-refractivity contribution in [1.29, 1.82) is 0 Å². The second kappa shape index (κ2) is 12.2. The van der Waals surface area contributed by atoms with Gasteiger partial charge in [0.1, 0.15) is 17.2 Å². The number of carbonyl (C=O) groups is 2. The first-order valence-corrected chi connectivity index (χ1v) is 12.1. The average molecular weight is 551 g/mol. The zero-order valence-electron chi connectivity index (χ0n) is 20.9. The van der Waals surface area contributed by atoms with Crippen molar-refractivity contribution in [3.8, 4) is 17.2 Å². The number of imidazole rings is 1. The molecule has 13 heteroatoms. The Morgan fingerprint density at radius 3 is 2.31 bits per heavy atom. The number of alkyl halides is 2. The van der Waals surface area contributed by atoms with Crippen LogP contribution in [0.5, 0.6) is 11.5 Å². The number of anilines is 1. The first-order chi connectivity index (χ1) is 18.7. The number of hydrogen-bond donors (Lipinski definition) is 2. The summed E-state index contributed by atoms with van der Waals surface area (Å²) >= 11 is 0. The van der Waals surface area contributed by atoms with E-state index in [-0.39, 0.29) is 47.9 Å². The Hall–Kier alpha value is -4.13. The summed E-state index contributed by atoms with van der Waals surface area (Å²) in [4.78, 5) is 31.1. The summed E-state index contributed by atoms with van der Waals surface area (Å²) < 4.78 is 65.2. The number of methoxy groups -OCH3 is 1. The maximum Gasteiger partial charge on any atom is 0.387 e. The van der Waals surface area contributed by atoms with E-state index in [1.54, 1.807) is 4.90 Å². The summed E-state index contributed by atoms with van der Waals surface area (Å²) in [5.41, 5.74) is 0.0371. The summed E-state index contributed by atoms with van der Waals surface area (Å²) in [6.45, 7) is -2.44. The van der Waals surface area contributed by atoms with Crippen LogP contribution in [0.3, 0.4) is 0 Å². The molecule has 9 nitrogen and oxygen atoms in total. The molecule has 1 aliphatic heterocycles. The number of carbonyl (C=O) groups excluding carboxylic acids is 2. The van der Waals surface area contributed by atoms with Crippen LogP contribution in [0.2, 0.25) is 0 Å². The summed E-state index contributed by atoms with van der Waals surface area (Å²) in [6, 6.07) is 6.89. The number of nitrogens with zero attached hydrogens (tertiary/aromatic N) is 3. The number of aliphatic hydroxyl groups excluding tert-OH is 1. The van der Waals surface area contributed by atoms with Gasteiger partial charge in [-0.05, 0) is 37.1 Å². The minimum absolute atomic E-state index is 0.0285. The summed E-state index contributed by atoms with van der Waals surface area (Å²) in [7, 11) is 1.27. The highest BCUT2D eigenvalue weighted by Crippen LogP contribution is 2.32. The maximum absolute atomic E-state index is 15.0. The highest BCUT2D eigenvalue weighted by molar-refractivity contribution is 6.03. The van der Waals surface area contributed by atoms with E-state index in [1.807, 2.05) is 0 Å². The predicted octanol–water partition coefficient (Wildman–Crippen LogP) is 4.10.